The molecule has 0 aliphatic carbocycles. The van der Waals surface area contributed by atoms with Crippen molar-refractivity contribution < 1.29 is 9.84 Å². The van der Waals surface area contributed by atoms with E-state index in [-0.39, 0.29) is 5.92 Å². The standard InChI is InChI=1S/C18H20N2O2/c1-3-12-5-4-9-20-17(12)18(21)14-8-10-19-16-7-6-13(22-2)11-15(14)16/h3,6-8,10-12,18,21H,1,4-5,9H2,2H3/t12?,18-/m1/s1. The molecular weight excluding hydrogens is 276 g/mol. The average Bonchev–Trinajstić information content (AvgIpc) is 2.60. The summed E-state index contributed by atoms with van der Waals surface area (Å²) in [6.45, 7) is 4.64. The minimum Gasteiger partial charge on any atom is -0.497 e. The van der Waals surface area contributed by atoms with E-state index in [1.54, 1.807) is 13.3 Å². The number of methoxy groups -OCH3 is 1. The number of aliphatic hydroxyl groups is 1. The van der Waals surface area contributed by atoms with Crippen LogP contribution in [0.4, 0.5) is 0 Å². The van der Waals surface area contributed by atoms with Crippen molar-refractivity contribution in [2.75, 3.05) is 13.7 Å². The zero-order chi connectivity index (χ0) is 15.5. The van der Waals surface area contributed by atoms with Crippen LogP contribution >= 0.6 is 0 Å². The van der Waals surface area contributed by atoms with E-state index in [1.807, 2.05) is 30.3 Å². The molecule has 1 unspecified atom stereocenters. The molecule has 0 fully saturated rings. The van der Waals surface area contributed by atoms with Crippen molar-refractivity contribution in [1.82, 2.24) is 4.98 Å². The Morgan fingerprint density at radius 2 is 2.27 bits per heavy atom. The van der Waals surface area contributed by atoms with Gasteiger partial charge in [0.05, 0.1) is 18.3 Å². The van der Waals surface area contributed by atoms with Crippen molar-refractivity contribution in [2.45, 2.75) is 18.9 Å². The lowest BCUT2D eigenvalue weighted by atomic mass is 9.88. The number of aliphatic imine (C=N–C) groups is 1. The number of rotatable bonds is 4. The van der Waals surface area contributed by atoms with Crippen LogP contribution in [0.15, 0.2) is 48.1 Å². The highest BCUT2D eigenvalue weighted by Gasteiger charge is 2.25. The maximum absolute atomic E-state index is 10.9. The number of fused-ring (bicyclic) bond motifs is 1. The molecule has 0 amide bonds. The highest BCUT2D eigenvalue weighted by molar-refractivity contribution is 5.97. The van der Waals surface area contributed by atoms with Gasteiger partial charge in [-0.15, -0.1) is 6.58 Å². The Morgan fingerprint density at radius 1 is 1.41 bits per heavy atom. The fraction of sp³-hybridized carbons (Fsp3) is 0.333. The third-order valence-corrected chi connectivity index (χ3v) is 4.19. The largest absolute Gasteiger partial charge is 0.497 e. The third kappa shape index (κ3) is 2.62. The molecule has 3 rings (SSSR count). The van der Waals surface area contributed by atoms with Crippen molar-refractivity contribution in [2.24, 2.45) is 10.9 Å². The number of aliphatic hydroxyl groups excluding tert-OH is 1. The molecule has 0 spiro atoms. The van der Waals surface area contributed by atoms with Crippen LogP contribution < -0.4 is 4.74 Å². The van der Waals surface area contributed by atoms with Crippen LogP contribution in [0.3, 0.4) is 0 Å². The van der Waals surface area contributed by atoms with Gasteiger partial charge in [0.15, 0.2) is 0 Å². The van der Waals surface area contributed by atoms with Gasteiger partial charge in [0.25, 0.3) is 0 Å². The predicted molar refractivity (Wildman–Crippen MR) is 88.5 cm³/mol. The summed E-state index contributed by atoms with van der Waals surface area (Å²) < 4.78 is 5.29. The molecule has 0 radical (unpaired) electrons. The quantitative estimate of drug-likeness (QED) is 0.881. The van der Waals surface area contributed by atoms with Crippen LogP contribution in [0.2, 0.25) is 0 Å². The number of pyridine rings is 1. The van der Waals surface area contributed by atoms with E-state index in [4.69, 9.17) is 4.74 Å². The summed E-state index contributed by atoms with van der Waals surface area (Å²) in [4.78, 5) is 8.91. The second-order valence-electron chi connectivity index (χ2n) is 5.48. The lowest BCUT2D eigenvalue weighted by Gasteiger charge is -2.25. The Kier molecular flexibility index (Phi) is 4.20. The molecule has 0 saturated carbocycles. The number of ether oxygens (including phenoxy) is 1. The number of aromatic nitrogens is 1. The minimum absolute atomic E-state index is 0.137. The zero-order valence-electron chi connectivity index (χ0n) is 12.7. The summed E-state index contributed by atoms with van der Waals surface area (Å²) in [6, 6.07) is 7.53. The minimum atomic E-state index is -0.735. The maximum Gasteiger partial charge on any atom is 0.119 e. The topological polar surface area (TPSA) is 54.7 Å². The van der Waals surface area contributed by atoms with Gasteiger partial charge in [0.1, 0.15) is 11.9 Å². The normalized spacial score (nSPS) is 19.5. The molecule has 4 nitrogen and oxygen atoms in total. The summed E-state index contributed by atoms with van der Waals surface area (Å²) in [7, 11) is 1.63. The first kappa shape index (κ1) is 14.7. The average molecular weight is 296 g/mol. The summed E-state index contributed by atoms with van der Waals surface area (Å²) in [6.07, 6.45) is 4.90. The van der Waals surface area contributed by atoms with E-state index < -0.39 is 6.10 Å². The van der Waals surface area contributed by atoms with E-state index in [0.717, 1.165) is 47.3 Å². The van der Waals surface area contributed by atoms with Crippen LogP contribution in [0.5, 0.6) is 5.75 Å². The Hall–Kier alpha value is -2.20. The van der Waals surface area contributed by atoms with Gasteiger partial charge in [0.2, 0.25) is 0 Å². The van der Waals surface area contributed by atoms with Crippen LogP contribution in [-0.4, -0.2) is 29.5 Å². The Morgan fingerprint density at radius 3 is 3.05 bits per heavy atom. The fourth-order valence-electron chi connectivity index (χ4n) is 2.98. The molecule has 1 N–H and O–H groups in total. The van der Waals surface area contributed by atoms with Gasteiger partial charge in [-0.05, 0) is 42.7 Å². The number of hydrogen-bond acceptors (Lipinski definition) is 4. The molecule has 4 heteroatoms. The molecule has 1 aromatic carbocycles. The van der Waals surface area contributed by atoms with Gasteiger partial charge in [-0.1, -0.05) is 6.08 Å². The molecule has 0 bridgehead atoms. The first-order chi connectivity index (χ1) is 10.7. The van der Waals surface area contributed by atoms with E-state index in [9.17, 15) is 5.11 Å². The molecule has 2 heterocycles. The number of benzene rings is 1. The summed E-state index contributed by atoms with van der Waals surface area (Å²) in [5.74, 6) is 0.886. The van der Waals surface area contributed by atoms with Gasteiger partial charge in [0, 0.05) is 24.0 Å². The van der Waals surface area contributed by atoms with Crippen molar-refractivity contribution in [3.8, 4) is 5.75 Å². The van der Waals surface area contributed by atoms with E-state index in [2.05, 4.69) is 16.6 Å². The van der Waals surface area contributed by atoms with Crippen LogP contribution in [0.1, 0.15) is 24.5 Å². The Balaban J connectivity index is 2.08. The number of allylic oxidation sites excluding steroid dienone is 1. The van der Waals surface area contributed by atoms with Crippen molar-refractivity contribution in [3.05, 3.63) is 48.7 Å². The number of nitrogens with zero attached hydrogens (tertiary/aromatic N) is 2. The summed E-state index contributed by atoms with van der Waals surface area (Å²) in [5, 5.41) is 11.8. The first-order valence-corrected chi connectivity index (χ1v) is 7.52. The lowest BCUT2D eigenvalue weighted by Crippen LogP contribution is -2.25. The lowest BCUT2D eigenvalue weighted by molar-refractivity contribution is 0.241. The van der Waals surface area contributed by atoms with Gasteiger partial charge in [-0.2, -0.15) is 0 Å². The smallest absolute Gasteiger partial charge is 0.119 e. The molecular formula is C18H20N2O2. The third-order valence-electron chi connectivity index (χ3n) is 4.19. The predicted octanol–water partition coefficient (Wildman–Crippen LogP) is 3.31. The van der Waals surface area contributed by atoms with Crippen molar-refractivity contribution in [3.63, 3.8) is 0 Å². The molecule has 1 aromatic heterocycles. The molecule has 2 atom stereocenters. The molecule has 2 aromatic rings. The number of hydrogen-bond donors (Lipinski definition) is 1. The van der Waals surface area contributed by atoms with Crippen molar-refractivity contribution in [1.29, 1.82) is 0 Å². The second kappa shape index (κ2) is 6.28. The molecule has 0 saturated heterocycles. The van der Waals surface area contributed by atoms with Gasteiger partial charge in [-0.25, -0.2) is 0 Å². The summed E-state index contributed by atoms with van der Waals surface area (Å²) >= 11 is 0. The highest BCUT2D eigenvalue weighted by Crippen LogP contribution is 2.31. The fourth-order valence-corrected chi connectivity index (χ4v) is 2.98. The van der Waals surface area contributed by atoms with Crippen molar-refractivity contribution >= 4 is 16.6 Å². The van der Waals surface area contributed by atoms with E-state index >= 15 is 0 Å². The molecule has 1 aliphatic heterocycles. The van der Waals surface area contributed by atoms with Gasteiger partial charge >= 0.3 is 0 Å². The molecule has 1 aliphatic rings. The van der Waals surface area contributed by atoms with Gasteiger partial charge in [-0.3, -0.25) is 9.98 Å². The van der Waals surface area contributed by atoms with Crippen LogP contribution in [0, 0.1) is 5.92 Å². The SMILES string of the molecule is C=CC1CCCN=C1[C@H](O)c1ccnc2ccc(OC)cc12. The Labute approximate surface area is 130 Å². The first-order valence-electron chi connectivity index (χ1n) is 7.52. The molecule has 114 valence electrons. The Bertz CT molecular complexity index is 724. The van der Waals surface area contributed by atoms with E-state index in [1.165, 1.54) is 0 Å². The van der Waals surface area contributed by atoms with E-state index in [0.29, 0.717) is 0 Å². The summed E-state index contributed by atoms with van der Waals surface area (Å²) in [5.41, 5.74) is 2.46. The second-order valence-corrected chi connectivity index (χ2v) is 5.48. The van der Waals surface area contributed by atoms with Crippen LogP contribution in [-0.2, 0) is 0 Å². The van der Waals surface area contributed by atoms with Crippen LogP contribution in [0.25, 0.3) is 10.9 Å². The maximum atomic E-state index is 10.9. The monoisotopic (exact) mass is 296 g/mol. The highest BCUT2D eigenvalue weighted by atomic mass is 16.5. The van der Waals surface area contributed by atoms with Gasteiger partial charge < -0.3 is 9.84 Å². The molecule has 22 heavy (non-hydrogen) atoms. The zero-order valence-corrected chi connectivity index (χ0v) is 12.7.